The molecule has 0 heterocycles. The lowest BCUT2D eigenvalue weighted by atomic mass is 10.0. The van der Waals surface area contributed by atoms with Gasteiger partial charge in [-0.25, -0.2) is 4.57 Å². The lowest BCUT2D eigenvalue weighted by Crippen LogP contribution is -1.96. The molecule has 0 fully saturated rings. The minimum absolute atomic E-state index is 0.864. The van der Waals surface area contributed by atoms with Crippen molar-refractivity contribution in [3.8, 4) is 5.75 Å². The van der Waals surface area contributed by atoms with Crippen LogP contribution in [0.25, 0.3) is 0 Å². The molecule has 1 aromatic carbocycles. The van der Waals surface area contributed by atoms with Gasteiger partial charge in [-0.3, -0.25) is 0 Å². The first-order chi connectivity index (χ1) is 14.4. The van der Waals surface area contributed by atoms with E-state index in [1.54, 1.807) is 0 Å². The van der Waals surface area contributed by atoms with Crippen molar-refractivity contribution in [3.63, 3.8) is 0 Å². The lowest BCUT2D eigenvalue weighted by molar-refractivity contribution is 0.275. The Bertz CT molecular complexity index is 495. The van der Waals surface area contributed by atoms with Crippen LogP contribution in [0.15, 0.2) is 30.3 Å². The summed E-state index contributed by atoms with van der Waals surface area (Å²) < 4.78 is 14.6. The number of unbranched alkanes of at least 4 members (excludes halogenated alkanes) is 15. The largest absolute Gasteiger partial charge is 0.494 e. The van der Waals surface area contributed by atoms with Crippen LogP contribution in [-0.2, 0) is 4.57 Å². The minimum atomic E-state index is -4.64. The molecule has 0 aliphatic carbocycles. The molecule has 0 bridgehead atoms. The number of rotatable bonds is 18. The highest BCUT2D eigenvalue weighted by molar-refractivity contribution is 7.45. The molecule has 1 rings (SSSR count). The average Bonchev–Trinajstić information content (AvgIpc) is 2.70. The number of hydrogen-bond donors (Lipinski definition) is 3. The summed E-state index contributed by atoms with van der Waals surface area (Å²) in [6.07, 6.45) is 22.6. The molecule has 0 saturated heterocycles. The van der Waals surface area contributed by atoms with Crippen molar-refractivity contribution in [2.45, 2.75) is 110 Å². The van der Waals surface area contributed by atoms with E-state index in [2.05, 4.69) is 6.92 Å². The highest BCUT2D eigenvalue weighted by atomic mass is 31.2. The van der Waals surface area contributed by atoms with Gasteiger partial charge in [0.05, 0.1) is 6.61 Å². The van der Waals surface area contributed by atoms with Crippen molar-refractivity contribution >= 4 is 7.82 Å². The Balaban J connectivity index is 0.00000150. The van der Waals surface area contributed by atoms with E-state index in [4.69, 9.17) is 24.0 Å². The van der Waals surface area contributed by atoms with E-state index in [1.807, 2.05) is 30.3 Å². The zero-order valence-electron chi connectivity index (χ0n) is 19.0. The monoisotopic (exact) mass is 444 g/mol. The summed E-state index contributed by atoms with van der Waals surface area (Å²) in [7, 11) is -4.64. The van der Waals surface area contributed by atoms with E-state index in [-0.39, 0.29) is 0 Å². The van der Waals surface area contributed by atoms with Crippen LogP contribution in [0.4, 0.5) is 0 Å². The Morgan fingerprint density at radius 3 is 1.33 bits per heavy atom. The average molecular weight is 445 g/mol. The van der Waals surface area contributed by atoms with Crippen LogP contribution < -0.4 is 4.74 Å². The standard InChI is InChI=1S/C24H42O.H3O4P/c1-2-3-4-5-6-7-8-9-10-11-12-13-14-15-16-20-23-25-24-21-18-17-19-22-24;1-5(2,3)4/h17-19,21-22H,2-16,20,23H2,1H3;(H3,1,2,3,4). The Morgan fingerprint density at radius 2 is 0.967 bits per heavy atom. The molecule has 0 saturated carbocycles. The normalized spacial score (nSPS) is 11.1. The second kappa shape index (κ2) is 21.4. The quantitative estimate of drug-likeness (QED) is 0.162. The summed E-state index contributed by atoms with van der Waals surface area (Å²) >= 11 is 0. The third kappa shape index (κ3) is 27.1. The molecular formula is C24H45O5P. The molecule has 0 spiro atoms. The van der Waals surface area contributed by atoms with E-state index in [1.165, 1.54) is 103 Å². The summed E-state index contributed by atoms with van der Waals surface area (Å²) in [5, 5.41) is 0. The first-order valence-corrected chi connectivity index (χ1v) is 13.5. The molecular weight excluding hydrogens is 399 g/mol. The molecule has 6 heteroatoms. The number of benzene rings is 1. The summed E-state index contributed by atoms with van der Waals surface area (Å²) in [5.41, 5.74) is 0. The maximum Gasteiger partial charge on any atom is 0.466 e. The van der Waals surface area contributed by atoms with Gasteiger partial charge in [-0.15, -0.1) is 0 Å². The van der Waals surface area contributed by atoms with Gasteiger partial charge >= 0.3 is 7.82 Å². The van der Waals surface area contributed by atoms with Crippen molar-refractivity contribution in [1.82, 2.24) is 0 Å². The second-order valence-electron chi connectivity index (χ2n) is 7.98. The van der Waals surface area contributed by atoms with Gasteiger partial charge < -0.3 is 19.4 Å². The summed E-state index contributed by atoms with van der Waals surface area (Å²) in [5.74, 6) is 1.00. The predicted octanol–water partition coefficient (Wildman–Crippen LogP) is 7.40. The van der Waals surface area contributed by atoms with E-state index in [9.17, 15) is 0 Å². The molecule has 0 aliphatic heterocycles. The van der Waals surface area contributed by atoms with Crippen LogP contribution in [0.5, 0.6) is 5.75 Å². The van der Waals surface area contributed by atoms with Crippen LogP contribution >= 0.6 is 7.82 Å². The lowest BCUT2D eigenvalue weighted by Gasteiger charge is -2.06. The van der Waals surface area contributed by atoms with E-state index < -0.39 is 7.82 Å². The molecule has 0 aliphatic rings. The van der Waals surface area contributed by atoms with Crippen LogP contribution in [0.2, 0.25) is 0 Å². The zero-order chi connectivity index (χ0) is 22.3. The van der Waals surface area contributed by atoms with Crippen molar-refractivity contribution in [3.05, 3.63) is 30.3 Å². The van der Waals surface area contributed by atoms with Gasteiger partial charge in [0, 0.05) is 0 Å². The maximum absolute atomic E-state index is 8.88. The Hall–Kier alpha value is -0.870. The fraction of sp³-hybridized carbons (Fsp3) is 0.750. The van der Waals surface area contributed by atoms with E-state index in [0.717, 1.165) is 12.4 Å². The number of ether oxygens (including phenoxy) is 1. The van der Waals surface area contributed by atoms with Gasteiger partial charge in [0.2, 0.25) is 0 Å². The highest BCUT2D eigenvalue weighted by Gasteiger charge is 2.00. The smallest absolute Gasteiger partial charge is 0.466 e. The molecule has 0 radical (unpaired) electrons. The van der Waals surface area contributed by atoms with Gasteiger partial charge in [-0.05, 0) is 18.6 Å². The molecule has 0 unspecified atom stereocenters. The van der Waals surface area contributed by atoms with Crippen LogP contribution in [0, 0.1) is 0 Å². The molecule has 0 atom stereocenters. The van der Waals surface area contributed by atoms with Crippen molar-refractivity contribution < 1.29 is 24.0 Å². The van der Waals surface area contributed by atoms with Crippen LogP contribution in [-0.4, -0.2) is 21.3 Å². The molecule has 176 valence electrons. The van der Waals surface area contributed by atoms with Gasteiger partial charge in [0.1, 0.15) is 5.75 Å². The summed E-state index contributed by atoms with van der Waals surface area (Å²) in [6, 6.07) is 10.2. The third-order valence-corrected chi connectivity index (χ3v) is 5.01. The first kappa shape index (κ1) is 29.1. The number of phosphoric acid groups is 1. The molecule has 1 aromatic rings. The van der Waals surface area contributed by atoms with Gasteiger partial charge in [0.15, 0.2) is 0 Å². The fourth-order valence-corrected chi connectivity index (χ4v) is 3.36. The predicted molar refractivity (Wildman–Crippen MR) is 126 cm³/mol. The van der Waals surface area contributed by atoms with Crippen molar-refractivity contribution in [2.24, 2.45) is 0 Å². The summed E-state index contributed by atoms with van der Waals surface area (Å²) in [4.78, 5) is 21.6. The molecule has 3 N–H and O–H groups in total. The van der Waals surface area contributed by atoms with Gasteiger partial charge in [-0.2, -0.15) is 0 Å². The Morgan fingerprint density at radius 1 is 0.633 bits per heavy atom. The molecule has 0 amide bonds. The van der Waals surface area contributed by atoms with Gasteiger partial charge in [-0.1, -0.05) is 121 Å². The fourth-order valence-electron chi connectivity index (χ4n) is 3.36. The second-order valence-corrected chi connectivity index (χ2v) is 9.00. The van der Waals surface area contributed by atoms with E-state index >= 15 is 0 Å². The third-order valence-electron chi connectivity index (χ3n) is 5.01. The minimum Gasteiger partial charge on any atom is -0.494 e. The SMILES string of the molecule is CCCCCCCCCCCCCCCCCCOc1ccccc1.O=P(O)(O)O. The number of hydrogen-bond acceptors (Lipinski definition) is 2. The summed E-state index contributed by atoms with van der Waals surface area (Å²) in [6.45, 7) is 3.16. The first-order valence-electron chi connectivity index (χ1n) is 11.9. The molecule has 5 nitrogen and oxygen atoms in total. The van der Waals surface area contributed by atoms with Crippen LogP contribution in [0.1, 0.15) is 110 Å². The number of para-hydroxylation sites is 1. The van der Waals surface area contributed by atoms with E-state index in [0.29, 0.717) is 0 Å². The Kier molecular flexibility index (Phi) is 20.7. The zero-order valence-corrected chi connectivity index (χ0v) is 19.9. The molecule has 30 heavy (non-hydrogen) atoms. The Labute approximate surface area is 184 Å². The van der Waals surface area contributed by atoms with Crippen molar-refractivity contribution in [2.75, 3.05) is 6.61 Å². The highest BCUT2D eigenvalue weighted by Crippen LogP contribution is 2.25. The maximum atomic E-state index is 8.88. The topological polar surface area (TPSA) is 87.0 Å². The van der Waals surface area contributed by atoms with Gasteiger partial charge in [0.25, 0.3) is 0 Å². The van der Waals surface area contributed by atoms with Crippen molar-refractivity contribution in [1.29, 1.82) is 0 Å². The van der Waals surface area contributed by atoms with Crippen LogP contribution in [0.3, 0.4) is 0 Å². The molecule has 0 aromatic heterocycles.